The van der Waals surface area contributed by atoms with Crippen molar-refractivity contribution in [2.45, 2.75) is 18.9 Å². The number of carbonyl (C=O) groups is 2. The first-order valence-corrected chi connectivity index (χ1v) is 7.24. The van der Waals surface area contributed by atoms with E-state index in [9.17, 15) is 14.7 Å². The molecule has 112 valence electrons. The molecule has 1 amide bonds. The van der Waals surface area contributed by atoms with Crippen molar-refractivity contribution in [1.29, 1.82) is 0 Å². The second-order valence-electron chi connectivity index (χ2n) is 5.61. The minimum Gasteiger partial charge on any atom is -0.479 e. The van der Waals surface area contributed by atoms with Gasteiger partial charge in [-0.15, -0.1) is 0 Å². The first-order chi connectivity index (χ1) is 10.5. The first-order valence-electron chi connectivity index (χ1n) is 7.24. The Morgan fingerprint density at radius 3 is 2.41 bits per heavy atom. The molecule has 0 bridgehead atoms. The van der Waals surface area contributed by atoms with Crippen LogP contribution in [0.15, 0.2) is 54.6 Å². The third-order valence-corrected chi connectivity index (χ3v) is 4.39. The van der Waals surface area contributed by atoms with Gasteiger partial charge in [-0.05, 0) is 30.5 Å². The van der Waals surface area contributed by atoms with E-state index >= 15 is 0 Å². The van der Waals surface area contributed by atoms with Crippen molar-refractivity contribution in [3.8, 4) is 0 Å². The van der Waals surface area contributed by atoms with Crippen molar-refractivity contribution in [2.75, 3.05) is 6.54 Å². The molecule has 0 aromatic heterocycles. The highest BCUT2D eigenvalue weighted by Gasteiger charge is 2.45. The van der Waals surface area contributed by atoms with Gasteiger partial charge in [0.25, 0.3) is 5.91 Å². The Bertz CT molecular complexity index is 726. The summed E-state index contributed by atoms with van der Waals surface area (Å²) in [6.07, 6.45) is 0.664. The van der Waals surface area contributed by atoms with Gasteiger partial charge in [-0.1, -0.05) is 48.5 Å². The van der Waals surface area contributed by atoms with Crippen molar-refractivity contribution in [1.82, 2.24) is 4.90 Å². The van der Waals surface area contributed by atoms with E-state index in [0.29, 0.717) is 24.1 Å². The summed E-state index contributed by atoms with van der Waals surface area (Å²) in [5, 5.41) is 9.81. The summed E-state index contributed by atoms with van der Waals surface area (Å²) in [6.45, 7) is 1.99. The minimum absolute atomic E-state index is 0.226. The number of amides is 1. The third kappa shape index (κ3) is 2.08. The van der Waals surface area contributed by atoms with Crippen LogP contribution in [0.5, 0.6) is 0 Å². The number of rotatable bonds is 3. The maximum atomic E-state index is 12.8. The zero-order valence-corrected chi connectivity index (χ0v) is 12.3. The van der Waals surface area contributed by atoms with Crippen molar-refractivity contribution in [3.63, 3.8) is 0 Å². The van der Waals surface area contributed by atoms with Crippen LogP contribution < -0.4 is 0 Å². The van der Waals surface area contributed by atoms with Crippen molar-refractivity contribution >= 4 is 11.9 Å². The van der Waals surface area contributed by atoms with E-state index in [1.165, 1.54) is 4.90 Å². The van der Waals surface area contributed by atoms with E-state index in [1.54, 1.807) is 43.3 Å². The molecule has 22 heavy (non-hydrogen) atoms. The number of fused-ring (bicyclic) bond motifs is 1. The average molecular weight is 295 g/mol. The van der Waals surface area contributed by atoms with Gasteiger partial charge in [-0.2, -0.15) is 0 Å². The lowest BCUT2D eigenvalue weighted by Crippen LogP contribution is -2.55. The highest BCUT2D eigenvalue weighted by atomic mass is 16.4. The van der Waals surface area contributed by atoms with Crippen LogP contribution in [0.4, 0.5) is 0 Å². The summed E-state index contributed by atoms with van der Waals surface area (Å²) in [6, 6.07) is 16.3. The molecule has 0 aliphatic carbocycles. The van der Waals surface area contributed by atoms with E-state index in [1.807, 2.05) is 18.2 Å². The van der Waals surface area contributed by atoms with E-state index < -0.39 is 11.5 Å². The molecule has 4 heteroatoms. The predicted octanol–water partition coefficient (Wildman–Crippen LogP) is 2.68. The maximum Gasteiger partial charge on any atom is 0.334 e. The molecule has 1 aliphatic rings. The minimum atomic E-state index is -1.37. The summed E-state index contributed by atoms with van der Waals surface area (Å²) in [7, 11) is 0. The van der Waals surface area contributed by atoms with Gasteiger partial charge in [-0.25, -0.2) is 4.79 Å². The zero-order valence-electron chi connectivity index (χ0n) is 12.3. The fourth-order valence-corrected chi connectivity index (χ4v) is 3.01. The topological polar surface area (TPSA) is 57.6 Å². The van der Waals surface area contributed by atoms with Crippen LogP contribution in [0.2, 0.25) is 0 Å². The van der Waals surface area contributed by atoms with E-state index in [-0.39, 0.29) is 5.91 Å². The monoisotopic (exact) mass is 295 g/mol. The molecule has 0 radical (unpaired) electrons. The van der Waals surface area contributed by atoms with Crippen LogP contribution >= 0.6 is 0 Å². The standard InChI is InChI=1S/C18H17NO3/c1-18(17(21)22,14-8-3-2-4-9-14)19-12-11-13-7-5-6-10-15(13)16(19)20/h2-10H,11-12H2,1H3,(H,21,22). The number of carbonyl (C=O) groups excluding carboxylic acids is 1. The Hall–Kier alpha value is -2.62. The molecule has 2 aromatic rings. The van der Waals surface area contributed by atoms with Gasteiger partial charge in [0, 0.05) is 12.1 Å². The molecule has 3 rings (SSSR count). The summed E-state index contributed by atoms with van der Waals surface area (Å²) in [4.78, 5) is 26.3. The summed E-state index contributed by atoms with van der Waals surface area (Å²) >= 11 is 0. The molecule has 1 aliphatic heterocycles. The van der Waals surface area contributed by atoms with Crippen molar-refractivity contribution < 1.29 is 14.7 Å². The number of benzene rings is 2. The normalized spacial score (nSPS) is 16.8. The predicted molar refractivity (Wildman–Crippen MR) is 82.6 cm³/mol. The second-order valence-corrected chi connectivity index (χ2v) is 5.61. The van der Waals surface area contributed by atoms with Crippen LogP contribution in [0, 0.1) is 0 Å². The van der Waals surface area contributed by atoms with E-state index in [4.69, 9.17) is 0 Å². The molecular formula is C18H17NO3. The Morgan fingerprint density at radius 2 is 1.73 bits per heavy atom. The lowest BCUT2D eigenvalue weighted by atomic mass is 9.86. The Morgan fingerprint density at radius 1 is 1.09 bits per heavy atom. The lowest BCUT2D eigenvalue weighted by Gasteiger charge is -2.41. The zero-order chi connectivity index (χ0) is 15.7. The van der Waals surface area contributed by atoms with Gasteiger partial charge in [0.05, 0.1) is 0 Å². The number of carboxylic acid groups (broad SMARTS) is 1. The van der Waals surface area contributed by atoms with Gasteiger partial charge in [0.1, 0.15) is 0 Å². The van der Waals surface area contributed by atoms with Crippen LogP contribution in [-0.2, 0) is 16.8 Å². The molecule has 0 spiro atoms. The molecule has 2 aromatic carbocycles. The van der Waals surface area contributed by atoms with Gasteiger partial charge < -0.3 is 10.0 Å². The van der Waals surface area contributed by atoms with E-state index in [0.717, 1.165) is 5.56 Å². The molecule has 0 saturated heterocycles. The molecule has 1 heterocycles. The van der Waals surface area contributed by atoms with Crippen molar-refractivity contribution in [3.05, 3.63) is 71.3 Å². The number of aliphatic carboxylic acids is 1. The highest BCUT2D eigenvalue weighted by Crippen LogP contribution is 2.33. The average Bonchev–Trinajstić information content (AvgIpc) is 2.55. The summed E-state index contributed by atoms with van der Waals surface area (Å²) < 4.78 is 0. The number of hydrogen-bond donors (Lipinski definition) is 1. The molecule has 0 saturated carbocycles. The van der Waals surface area contributed by atoms with Gasteiger partial charge in [0.2, 0.25) is 0 Å². The van der Waals surface area contributed by atoms with E-state index in [2.05, 4.69) is 0 Å². The molecule has 1 N–H and O–H groups in total. The molecule has 1 atom stereocenters. The smallest absolute Gasteiger partial charge is 0.334 e. The summed E-state index contributed by atoms with van der Waals surface area (Å²) in [5.74, 6) is -1.25. The Labute approximate surface area is 129 Å². The van der Waals surface area contributed by atoms with Gasteiger partial charge in [-0.3, -0.25) is 4.79 Å². The SMILES string of the molecule is CC(C(=O)O)(c1ccccc1)N1CCc2ccccc2C1=O. The molecule has 4 nitrogen and oxygen atoms in total. The van der Waals surface area contributed by atoms with Gasteiger partial charge >= 0.3 is 5.97 Å². The highest BCUT2D eigenvalue weighted by molar-refractivity contribution is 6.00. The largest absolute Gasteiger partial charge is 0.479 e. The Balaban J connectivity index is 2.08. The first kappa shape index (κ1) is 14.3. The van der Waals surface area contributed by atoms with Crippen LogP contribution in [0.1, 0.15) is 28.4 Å². The summed E-state index contributed by atoms with van der Waals surface area (Å²) in [5.41, 5.74) is 0.809. The van der Waals surface area contributed by atoms with Crippen LogP contribution in [0.25, 0.3) is 0 Å². The number of nitrogens with zero attached hydrogens (tertiary/aromatic N) is 1. The molecule has 0 fully saturated rings. The lowest BCUT2D eigenvalue weighted by molar-refractivity contribution is -0.149. The fraction of sp³-hybridized carbons (Fsp3) is 0.222. The fourth-order valence-electron chi connectivity index (χ4n) is 3.01. The second kappa shape index (κ2) is 5.30. The maximum absolute atomic E-state index is 12.8. The van der Waals surface area contributed by atoms with Crippen molar-refractivity contribution in [2.24, 2.45) is 0 Å². The van der Waals surface area contributed by atoms with Gasteiger partial charge in [0.15, 0.2) is 5.54 Å². The Kier molecular flexibility index (Phi) is 3.45. The molecular weight excluding hydrogens is 278 g/mol. The number of hydrogen-bond acceptors (Lipinski definition) is 2. The molecule has 1 unspecified atom stereocenters. The van der Waals surface area contributed by atoms with Crippen LogP contribution in [-0.4, -0.2) is 28.4 Å². The van der Waals surface area contributed by atoms with Crippen LogP contribution in [0.3, 0.4) is 0 Å². The number of carboxylic acids is 1. The quantitative estimate of drug-likeness (QED) is 0.947. The third-order valence-electron chi connectivity index (χ3n) is 4.39.